The van der Waals surface area contributed by atoms with Crippen molar-refractivity contribution >= 4 is 5.97 Å². The zero-order valence-corrected chi connectivity index (χ0v) is 24.1. The number of carbonyl (C=O) groups is 1. The maximum atomic E-state index is 11.8. The Bertz CT molecular complexity index is 685. The number of ether oxygens (including phenoxy) is 4. The quantitative estimate of drug-likeness (QED) is 0.120. The van der Waals surface area contributed by atoms with Gasteiger partial charge in [-0.15, -0.1) is 0 Å². The summed E-state index contributed by atoms with van der Waals surface area (Å²) in [6, 6.07) is -0.542. The number of hydrogen-bond acceptors (Lipinski definition) is 9. The number of esters is 1. The van der Waals surface area contributed by atoms with Gasteiger partial charge in [-0.3, -0.25) is 0 Å². The molecule has 1 heterocycles. The number of carbonyl (C=O) groups excluding carboxylic acids is 1. The third kappa shape index (κ3) is 9.88. The maximum Gasteiger partial charge on any atom is 0.333 e. The molecule has 218 valence electrons. The SMILES string of the molecule is C=C(C)C(=O)OCC(O)CNC1C(O)[C@@H](OC(C)(CC)CC)C(COCCO)O[C@H]1C(C)(CC)CCC. The molecule has 9 nitrogen and oxygen atoms in total. The van der Waals surface area contributed by atoms with Gasteiger partial charge in [0.05, 0.1) is 37.6 Å². The molecule has 1 saturated heterocycles. The van der Waals surface area contributed by atoms with E-state index in [1.54, 1.807) is 6.92 Å². The lowest BCUT2D eigenvalue weighted by Gasteiger charge is -2.52. The van der Waals surface area contributed by atoms with Crippen LogP contribution in [0.25, 0.3) is 0 Å². The molecule has 7 atom stereocenters. The van der Waals surface area contributed by atoms with E-state index in [0.717, 1.165) is 32.1 Å². The summed E-state index contributed by atoms with van der Waals surface area (Å²) in [7, 11) is 0. The lowest BCUT2D eigenvalue weighted by Crippen LogP contribution is -2.68. The van der Waals surface area contributed by atoms with Crippen LogP contribution in [0.4, 0.5) is 0 Å². The number of hydrogen-bond donors (Lipinski definition) is 4. The van der Waals surface area contributed by atoms with Gasteiger partial charge in [0.15, 0.2) is 0 Å². The van der Waals surface area contributed by atoms with Gasteiger partial charge in [-0.1, -0.05) is 47.6 Å². The minimum Gasteiger partial charge on any atom is -0.460 e. The summed E-state index contributed by atoms with van der Waals surface area (Å²) in [5.41, 5.74) is -0.460. The minimum atomic E-state index is -0.975. The summed E-state index contributed by atoms with van der Waals surface area (Å²) in [4.78, 5) is 11.7. The van der Waals surface area contributed by atoms with Gasteiger partial charge in [0.2, 0.25) is 0 Å². The molecule has 0 aromatic rings. The fraction of sp³-hybridized carbons (Fsp3) is 0.893. The number of rotatable bonds is 18. The van der Waals surface area contributed by atoms with Crippen LogP contribution in [-0.2, 0) is 23.7 Å². The predicted octanol–water partition coefficient (Wildman–Crippen LogP) is 2.74. The molecule has 0 aliphatic carbocycles. The number of nitrogens with one attached hydrogen (secondary N) is 1. The first-order valence-corrected chi connectivity index (χ1v) is 13.9. The van der Waals surface area contributed by atoms with E-state index in [2.05, 4.69) is 32.7 Å². The van der Waals surface area contributed by atoms with E-state index in [9.17, 15) is 20.1 Å². The average Bonchev–Trinajstić information content (AvgIpc) is 2.88. The van der Waals surface area contributed by atoms with Gasteiger partial charge in [-0.05, 0) is 44.9 Å². The molecule has 0 bridgehead atoms. The molecular weight excluding hydrogens is 478 g/mol. The highest BCUT2D eigenvalue weighted by molar-refractivity contribution is 5.86. The van der Waals surface area contributed by atoms with Crippen LogP contribution in [-0.4, -0.2) is 96.4 Å². The molecule has 0 saturated carbocycles. The van der Waals surface area contributed by atoms with E-state index in [0.29, 0.717) is 0 Å². The fourth-order valence-electron chi connectivity index (χ4n) is 4.79. The van der Waals surface area contributed by atoms with Crippen molar-refractivity contribution in [3.63, 3.8) is 0 Å². The Kier molecular flexibility index (Phi) is 14.8. The van der Waals surface area contributed by atoms with Gasteiger partial charge >= 0.3 is 5.97 Å². The molecule has 1 aliphatic heterocycles. The monoisotopic (exact) mass is 531 g/mol. The third-order valence-corrected chi connectivity index (χ3v) is 7.81. The second-order valence-electron chi connectivity index (χ2n) is 10.8. The van der Waals surface area contributed by atoms with Gasteiger partial charge in [0.25, 0.3) is 0 Å². The van der Waals surface area contributed by atoms with Gasteiger partial charge in [-0.25, -0.2) is 4.79 Å². The van der Waals surface area contributed by atoms with Crippen LogP contribution in [0.15, 0.2) is 12.2 Å². The Morgan fingerprint density at radius 1 is 1.16 bits per heavy atom. The van der Waals surface area contributed by atoms with Gasteiger partial charge in [0, 0.05) is 12.1 Å². The topological polar surface area (TPSA) is 127 Å². The van der Waals surface area contributed by atoms with Crippen LogP contribution in [0.5, 0.6) is 0 Å². The van der Waals surface area contributed by atoms with Crippen LogP contribution in [0.3, 0.4) is 0 Å². The Morgan fingerprint density at radius 3 is 2.32 bits per heavy atom. The molecule has 1 rings (SSSR count). The van der Waals surface area contributed by atoms with E-state index in [1.807, 2.05) is 20.8 Å². The summed E-state index contributed by atoms with van der Waals surface area (Å²) >= 11 is 0. The van der Waals surface area contributed by atoms with Crippen molar-refractivity contribution in [1.82, 2.24) is 5.32 Å². The molecular formula is C28H53NO8. The largest absolute Gasteiger partial charge is 0.460 e. The van der Waals surface area contributed by atoms with Gasteiger partial charge in [-0.2, -0.15) is 0 Å². The molecule has 37 heavy (non-hydrogen) atoms. The zero-order chi connectivity index (χ0) is 28.2. The number of aliphatic hydroxyl groups excluding tert-OH is 3. The summed E-state index contributed by atoms with van der Waals surface area (Å²) < 4.78 is 24.0. The van der Waals surface area contributed by atoms with E-state index < -0.39 is 48.1 Å². The summed E-state index contributed by atoms with van der Waals surface area (Å²) in [6.07, 6.45) is 0.633. The molecule has 1 fully saturated rings. The molecule has 5 unspecified atom stereocenters. The molecule has 9 heteroatoms. The molecule has 0 spiro atoms. The lowest BCUT2D eigenvalue weighted by atomic mass is 9.71. The summed E-state index contributed by atoms with van der Waals surface area (Å²) in [6.45, 7) is 17.8. The van der Waals surface area contributed by atoms with E-state index in [-0.39, 0.29) is 44.0 Å². The van der Waals surface area contributed by atoms with Crippen LogP contribution >= 0.6 is 0 Å². The van der Waals surface area contributed by atoms with Crippen molar-refractivity contribution in [3.8, 4) is 0 Å². The fourth-order valence-corrected chi connectivity index (χ4v) is 4.79. The van der Waals surface area contributed by atoms with Crippen LogP contribution < -0.4 is 5.32 Å². The molecule has 0 amide bonds. The minimum absolute atomic E-state index is 0.0915. The second kappa shape index (κ2) is 16.1. The third-order valence-electron chi connectivity index (χ3n) is 7.81. The highest BCUT2D eigenvalue weighted by atomic mass is 16.6. The Hall–Kier alpha value is -1.07. The first-order valence-electron chi connectivity index (χ1n) is 13.9. The van der Waals surface area contributed by atoms with Crippen molar-refractivity contribution < 1.29 is 39.1 Å². The standard InChI is InChI=1S/C28H53NO8/c1-9-13-27(7,10-2)25-22(29-16-20(31)17-35-26(33)19(5)6)23(32)24(37-28(8,11-3)12-4)21(36-25)18-34-15-14-30/h20-25,29-32H,5,9-18H2,1-4,6-8H3/t20?,21?,22?,23?,24-,25+,27?/m0/s1. The van der Waals surface area contributed by atoms with Crippen molar-refractivity contribution in [1.29, 1.82) is 0 Å². The van der Waals surface area contributed by atoms with Gasteiger partial charge < -0.3 is 39.6 Å². The van der Waals surface area contributed by atoms with Crippen molar-refractivity contribution in [3.05, 3.63) is 12.2 Å². The maximum absolute atomic E-state index is 11.8. The van der Waals surface area contributed by atoms with Crippen molar-refractivity contribution in [2.45, 2.75) is 123 Å². The zero-order valence-electron chi connectivity index (χ0n) is 24.1. The summed E-state index contributed by atoms with van der Waals surface area (Å²) in [5, 5.41) is 34.8. The highest BCUT2D eigenvalue weighted by Gasteiger charge is 2.52. The highest BCUT2D eigenvalue weighted by Crippen LogP contribution is 2.41. The Balaban J connectivity index is 3.25. The van der Waals surface area contributed by atoms with E-state index >= 15 is 0 Å². The predicted molar refractivity (Wildman–Crippen MR) is 143 cm³/mol. The van der Waals surface area contributed by atoms with E-state index in [4.69, 9.17) is 18.9 Å². The summed E-state index contributed by atoms with van der Waals surface area (Å²) in [5.74, 6) is -0.558. The van der Waals surface area contributed by atoms with Crippen LogP contribution in [0.2, 0.25) is 0 Å². The molecule has 0 aromatic carbocycles. The molecule has 0 radical (unpaired) electrons. The van der Waals surface area contributed by atoms with Crippen molar-refractivity contribution in [2.75, 3.05) is 33.0 Å². The normalized spacial score (nSPS) is 26.9. The Morgan fingerprint density at radius 2 is 1.81 bits per heavy atom. The van der Waals surface area contributed by atoms with Crippen LogP contribution in [0.1, 0.15) is 80.6 Å². The van der Waals surface area contributed by atoms with Gasteiger partial charge in [0.1, 0.15) is 31.0 Å². The van der Waals surface area contributed by atoms with E-state index in [1.165, 1.54) is 0 Å². The first-order chi connectivity index (χ1) is 17.4. The molecule has 0 aromatic heterocycles. The van der Waals surface area contributed by atoms with Crippen LogP contribution in [0, 0.1) is 5.41 Å². The molecule has 4 N–H and O–H groups in total. The average molecular weight is 532 g/mol. The smallest absolute Gasteiger partial charge is 0.333 e. The lowest BCUT2D eigenvalue weighted by molar-refractivity contribution is -0.263. The number of aliphatic hydroxyl groups is 3. The Labute approximate surface area is 223 Å². The first kappa shape index (κ1) is 34.0. The second-order valence-corrected chi connectivity index (χ2v) is 10.8. The molecule has 1 aliphatic rings. The van der Waals surface area contributed by atoms with Crippen molar-refractivity contribution in [2.24, 2.45) is 5.41 Å².